The molecule has 0 heterocycles. The number of rotatable bonds is 4. The molecule has 0 bridgehead atoms. The largest absolute Gasteiger partial charge is 0.494 e. The molecule has 0 saturated heterocycles. The first-order valence-corrected chi connectivity index (χ1v) is 4.58. The lowest BCUT2D eigenvalue weighted by Crippen LogP contribution is -1.95. The Morgan fingerprint density at radius 3 is 2.75 bits per heavy atom. The van der Waals surface area contributed by atoms with Crippen molar-refractivity contribution < 1.29 is 4.74 Å². The number of ether oxygens (including phenoxy) is 1. The quantitative estimate of drug-likeness (QED) is 0.664. The molecular weight excluding hydrogens is 148 g/mol. The van der Waals surface area contributed by atoms with E-state index in [0.717, 1.165) is 25.2 Å². The van der Waals surface area contributed by atoms with Crippen molar-refractivity contribution in [3.63, 3.8) is 0 Å². The SMILES string of the molecule is CCCOc1cccc(CC)c1. The Hall–Kier alpha value is -0.980. The maximum atomic E-state index is 5.50. The molecule has 66 valence electrons. The Kier molecular flexibility index (Phi) is 3.65. The Labute approximate surface area is 74.4 Å². The highest BCUT2D eigenvalue weighted by Crippen LogP contribution is 2.13. The van der Waals surface area contributed by atoms with Crippen LogP contribution >= 0.6 is 0 Å². The molecule has 0 fully saturated rings. The van der Waals surface area contributed by atoms with Crippen LogP contribution in [0.2, 0.25) is 0 Å². The van der Waals surface area contributed by atoms with Gasteiger partial charge in [-0.2, -0.15) is 0 Å². The van der Waals surface area contributed by atoms with Crippen molar-refractivity contribution in [2.24, 2.45) is 0 Å². The normalized spacial score (nSPS) is 9.83. The Morgan fingerprint density at radius 2 is 2.08 bits per heavy atom. The zero-order valence-electron chi connectivity index (χ0n) is 7.84. The van der Waals surface area contributed by atoms with Gasteiger partial charge in [0, 0.05) is 0 Å². The smallest absolute Gasteiger partial charge is 0.119 e. The van der Waals surface area contributed by atoms with E-state index in [9.17, 15) is 0 Å². The minimum atomic E-state index is 0.813. The maximum Gasteiger partial charge on any atom is 0.119 e. The van der Waals surface area contributed by atoms with E-state index in [1.54, 1.807) is 0 Å². The summed E-state index contributed by atoms with van der Waals surface area (Å²) < 4.78 is 5.50. The van der Waals surface area contributed by atoms with Gasteiger partial charge in [-0.25, -0.2) is 0 Å². The summed E-state index contributed by atoms with van der Waals surface area (Å²) in [7, 11) is 0. The van der Waals surface area contributed by atoms with Crippen LogP contribution in [0.5, 0.6) is 5.75 Å². The first kappa shape index (κ1) is 9.11. The van der Waals surface area contributed by atoms with Crippen molar-refractivity contribution in [2.45, 2.75) is 26.7 Å². The van der Waals surface area contributed by atoms with Gasteiger partial charge in [-0.05, 0) is 30.5 Å². The summed E-state index contributed by atoms with van der Waals surface area (Å²) in [6.07, 6.45) is 2.14. The Bertz CT molecular complexity index is 230. The molecule has 0 amide bonds. The molecule has 1 aromatic rings. The molecule has 0 aliphatic carbocycles. The summed E-state index contributed by atoms with van der Waals surface area (Å²) in [5, 5.41) is 0. The second kappa shape index (κ2) is 4.81. The van der Waals surface area contributed by atoms with Crippen molar-refractivity contribution in [3.05, 3.63) is 29.8 Å². The summed E-state index contributed by atoms with van der Waals surface area (Å²) in [5.74, 6) is 0.996. The van der Waals surface area contributed by atoms with Crippen molar-refractivity contribution in [3.8, 4) is 5.75 Å². The van der Waals surface area contributed by atoms with Gasteiger partial charge in [-0.15, -0.1) is 0 Å². The van der Waals surface area contributed by atoms with Crippen LogP contribution in [0.1, 0.15) is 25.8 Å². The highest BCUT2D eigenvalue weighted by Gasteiger charge is 1.93. The van der Waals surface area contributed by atoms with Gasteiger partial charge in [-0.3, -0.25) is 0 Å². The minimum absolute atomic E-state index is 0.813. The number of hydrogen-bond acceptors (Lipinski definition) is 1. The lowest BCUT2D eigenvalue weighted by molar-refractivity contribution is 0.317. The number of aryl methyl sites for hydroxylation is 1. The molecule has 0 spiro atoms. The van der Waals surface area contributed by atoms with Crippen molar-refractivity contribution in [2.75, 3.05) is 6.61 Å². The third kappa shape index (κ3) is 2.57. The molecular formula is C11H16O. The van der Waals surface area contributed by atoms with Crippen LogP contribution in [-0.2, 0) is 6.42 Å². The van der Waals surface area contributed by atoms with E-state index >= 15 is 0 Å². The molecule has 1 aromatic carbocycles. The van der Waals surface area contributed by atoms with Crippen LogP contribution in [0.3, 0.4) is 0 Å². The average Bonchev–Trinajstić information content (AvgIpc) is 2.15. The van der Waals surface area contributed by atoms with Crippen molar-refractivity contribution in [1.82, 2.24) is 0 Å². The zero-order valence-corrected chi connectivity index (χ0v) is 7.84. The van der Waals surface area contributed by atoms with Gasteiger partial charge in [0.15, 0.2) is 0 Å². The molecule has 1 nitrogen and oxygen atoms in total. The van der Waals surface area contributed by atoms with E-state index in [-0.39, 0.29) is 0 Å². The van der Waals surface area contributed by atoms with E-state index in [1.807, 2.05) is 12.1 Å². The van der Waals surface area contributed by atoms with Gasteiger partial charge in [0.25, 0.3) is 0 Å². The van der Waals surface area contributed by atoms with Gasteiger partial charge >= 0.3 is 0 Å². The first-order valence-electron chi connectivity index (χ1n) is 4.58. The molecule has 1 heteroatoms. The van der Waals surface area contributed by atoms with Crippen molar-refractivity contribution >= 4 is 0 Å². The van der Waals surface area contributed by atoms with Crippen LogP contribution in [-0.4, -0.2) is 6.61 Å². The standard InChI is InChI=1S/C11H16O/c1-3-8-12-11-7-5-6-10(4-2)9-11/h5-7,9H,3-4,8H2,1-2H3. The molecule has 1 rings (SSSR count). The van der Waals surface area contributed by atoms with Gasteiger partial charge in [0.05, 0.1) is 6.61 Å². The predicted molar refractivity (Wildman–Crippen MR) is 51.6 cm³/mol. The summed E-state index contributed by atoms with van der Waals surface area (Å²) in [6.45, 7) is 5.08. The molecule has 0 N–H and O–H groups in total. The topological polar surface area (TPSA) is 9.23 Å². The average molecular weight is 164 g/mol. The van der Waals surface area contributed by atoms with Gasteiger partial charge in [0.1, 0.15) is 5.75 Å². The second-order valence-corrected chi connectivity index (χ2v) is 2.85. The molecule has 0 radical (unpaired) electrons. The van der Waals surface area contributed by atoms with E-state index in [1.165, 1.54) is 5.56 Å². The van der Waals surface area contributed by atoms with Gasteiger partial charge in [-0.1, -0.05) is 26.0 Å². The summed E-state index contributed by atoms with van der Waals surface area (Å²) >= 11 is 0. The van der Waals surface area contributed by atoms with E-state index in [4.69, 9.17) is 4.74 Å². The molecule has 0 aliphatic heterocycles. The first-order chi connectivity index (χ1) is 5.86. The van der Waals surface area contributed by atoms with Crippen LogP contribution in [0, 0.1) is 0 Å². The van der Waals surface area contributed by atoms with Crippen molar-refractivity contribution in [1.29, 1.82) is 0 Å². The maximum absolute atomic E-state index is 5.50. The second-order valence-electron chi connectivity index (χ2n) is 2.85. The van der Waals surface area contributed by atoms with Crippen LogP contribution in [0.25, 0.3) is 0 Å². The molecule has 0 aliphatic rings. The van der Waals surface area contributed by atoms with Crippen LogP contribution in [0.15, 0.2) is 24.3 Å². The van der Waals surface area contributed by atoms with E-state index in [0.29, 0.717) is 0 Å². The molecule has 0 atom stereocenters. The van der Waals surface area contributed by atoms with Gasteiger partial charge < -0.3 is 4.74 Å². The summed E-state index contributed by atoms with van der Waals surface area (Å²) in [5.41, 5.74) is 1.34. The van der Waals surface area contributed by atoms with E-state index < -0.39 is 0 Å². The molecule has 0 unspecified atom stereocenters. The molecule has 0 saturated carbocycles. The monoisotopic (exact) mass is 164 g/mol. The highest BCUT2D eigenvalue weighted by atomic mass is 16.5. The summed E-state index contributed by atoms with van der Waals surface area (Å²) in [6, 6.07) is 8.28. The van der Waals surface area contributed by atoms with Crippen LogP contribution < -0.4 is 4.74 Å². The summed E-state index contributed by atoms with van der Waals surface area (Å²) in [4.78, 5) is 0. The van der Waals surface area contributed by atoms with Gasteiger partial charge in [0.2, 0.25) is 0 Å². The fourth-order valence-corrected chi connectivity index (χ4v) is 1.08. The molecule has 12 heavy (non-hydrogen) atoms. The number of benzene rings is 1. The zero-order chi connectivity index (χ0) is 8.81. The fourth-order valence-electron chi connectivity index (χ4n) is 1.08. The lowest BCUT2D eigenvalue weighted by Gasteiger charge is -2.05. The number of hydrogen-bond donors (Lipinski definition) is 0. The Balaban J connectivity index is 2.60. The molecule has 0 aromatic heterocycles. The third-order valence-corrected chi connectivity index (χ3v) is 1.78. The fraction of sp³-hybridized carbons (Fsp3) is 0.455. The lowest BCUT2D eigenvalue weighted by atomic mass is 10.2. The third-order valence-electron chi connectivity index (χ3n) is 1.78. The predicted octanol–water partition coefficient (Wildman–Crippen LogP) is 3.04. The van der Waals surface area contributed by atoms with Crippen LogP contribution in [0.4, 0.5) is 0 Å². The highest BCUT2D eigenvalue weighted by molar-refractivity contribution is 5.28. The minimum Gasteiger partial charge on any atom is -0.494 e. The Morgan fingerprint density at radius 1 is 1.25 bits per heavy atom. The van der Waals surface area contributed by atoms with E-state index in [2.05, 4.69) is 26.0 Å².